The minimum atomic E-state index is -3.47. The molecular weight excluding hydrogens is 454 g/mol. The van der Waals surface area contributed by atoms with E-state index in [-0.39, 0.29) is 30.0 Å². The lowest BCUT2D eigenvalue weighted by atomic mass is 9.45. The predicted molar refractivity (Wildman–Crippen MR) is 123 cm³/mol. The molecular formula is C28H40F2O5. The number of ether oxygens (including phenoxy) is 3. The Balaban J connectivity index is 1.06. The van der Waals surface area contributed by atoms with Gasteiger partial charge in [0.25, 0.3) is 0 Å². The number of rotatable bonds is 8. The summed E-state index contributed by atoms with van der Waals surface area (Å²) in [5.41, 5.74) is -1.25. The van der Waals surface area contributed by atoms with Gasteiger partial charge < -0.3 is 14.2 Å². The van der Waals surface area contributed by atoms with E-state index in [4.69, 9.17) is 14.2 Å². The highest BCUT2D eigenvalue weighted by Gasteiger charge is 2.65. The monoisotopic (exact) mass is 494 g/mol. The lowest BCUT2D eigenvalue weighted by molar-refractivity contribution is -0.240. The molecule has 0 aromatic carbocycles. The van der Waals surface area contributed by atoms with Crippen molar-refractivity contribution in [3.8, 4) is 0 Å². The molecule has 196 valence electrons. The fraction of sp³-hybridized carbons (Fsp3) is 0.929. The van der Waals surface area contributed by atoms with Gasteiger partial charge in [0, 0.05) is 18.3 Å². The van der Waals surface area contributed by atoms with Crippen molar-refractivity contribution in [1.82, 2.24) is 0 Å². The van der Waals surface area contributed by atoms with Crippen LogP contribution in [-0.2, 0) is 23.8 Å². The zero-order chi connectivity index (χ0) is 24.6. The number of hydrogen-bond acceptors (Lipinski definition) is 5. The highest BCUT2D eigenvalue weighted by Crippen LogP contribution is 2.65. The lowest BCUT2D eigenvalue weighted by Gasteiger charge is -2.62. The normalized spacial score (nSPS) is 47.2. The van der Waals surface area contributed by atoms with E-state index in [1.54, 1.807) is 6.92 Å². The molecule has 0 N–H and O–H groups in total. The van der Waals surface area contributed by atoms with Gasteiger partial charge in [-0.3, -0.25) is 4.79 Å². The molecule has 0 saturated heterocycles. The summed E-state index contributed by atoms with van der Waals surface area (Å²) in [5.74, 6) is -2.36. The Morgan fingerprint density at radius 3 is 1.94 bits per heavy atom. The van der Waals surface area contributed by atoms with Crippen LogP contribution in [-0.4, -0.2) is 36.9 Å². The van der Waals surface area contributed by atoms with Gasteiger partial charge in [-0.25, -0.2) is 4.79 Å². The second kappa shape index (κ2) is 8.13. The van der Waals surface area contributed by atoms with E-state index in [9.17, 15) is 18.4 Å². The number of esters is 2. The van der Waals surface area contributed by atoms with Crippen molar-refractivity contribution in [1.29, 1.82) is 0 Å². The molecule has 8 rings (SSSR count). The van der Waals surface area contributed by atoms with Gasteiger partial charge in [-0.2, -0.15) is 8.78 Å². The Morgan fingerprint density at radius 1 is 0.857 bits per heavy atom. The van der Waals surface area contributed by atoms with Crippen molar-refractivity contribution in [2.75, 3.05) is 13.4 Å². The van der Waals surface area contributed by atoms with Gasteiger partial charge in [0.15, 0.2) is 6.79 Å². The largest absolute Gasteiger partial charge is 0.454 e. The third-order valence-electron chi connectivity index (χ3n) is 11.1. The first-order valence-corrected chi connectivity index (χ1v) is 13.9. The summed E-state index contributed by atoms with van der Waals surface area (Å²) in [6.07, 6.45) is 10.9. The highest BCUT2D eigenvalue weighted by atomic mass is 19.3. The molecule has 5 nitrogen and oxygen atoms in total. The van der Waals surface area contributed by atoms with Crippen molar-refractivity contribution < 1.29 is 32.6 Å². The molecule has 8 aliphatic carbocycles. The standard InChI is InChI=1S/C28H40F2O5/c1-3-28(29,30)24(32)35-25(2)21-7-20-8-22(25)14-27(12-20,13-21)23(31)34-16-33-15-26-9-17-4-18(10-26)6-19(5-17)11-26/h17-22H,3-16H2,1-2H3. The van der Waals surface area contributed by atoms with Crippen molar-refractivity contribution in [3.63, 3.8) is 0 Å². The second-order valence-corrected chi connectivity index (χ2v) is 13.6. The molecule has 0 heterocycles. The first-order valence-electron chi connectivity index (χ1n) is 13.9. The lowest BCUT2D eigenvalue weighted by Crippen LogP contribution is -2.63. The van der Waals surface area contributed by atoms with E-state index in [1.807, 2.05) is 0 Å². The fourth-order valence-electron chi connectivity index (χ4n) is 10.00. The van der Waals surface area contributed by atoms with Gasteiger partial charge in [0.05, 0.1) is 12.0 Å². The van der Waals surface area contributed by atoms with E-state index >= 15 is 0 Å². The Hall–Kier alpha value is -1.24. The maximum Gasteiger partial charge on any atom is 0.377 e. The van der Waals surface area contributed by atoms with E-state index < -0.39 is 29.3 Å². The number of halogens is 2. The minimum absolute atomic E-state index is 0.00267. The van der Waals surface area contributed by atoms with Crippen LogP contribution in [0.3, 0.4) is 0 Å². The third kappa shape index (κ3) is 3.93. The quantitative estimate of drug-likeness (QED) is 0.239. The number of alkyl halides is 2. The fourth-order valence-corrected chi connectivity index (χ4v) is 10.00. The highest BCUT2D eigenvalue weighted by molar-refractivity contribution is 5.79. The summed E-state index contributed by atoms with van der Waals surface area (Å²) in [6, 6.07) is 0. The summed E-state index contributed by atoms with van der Waals surface area (Å²) < 4.78 is 45.2. The van der Waals surface area contributed by atoms with E-state index in [0.29, 0.717) is 25.4 Å². The van der Waals surface area contributed by atoms with E-state index in [2.05, 4.69) is 0 Å². The molecule has 0 amide bonds. The molecule has 0 aliphatic heterocycles. The zero-order valence-corrected chi connectivity index (χ0v) is 21.2. The molecule has 0 spiro atoms. The van der Waals surface area contributed by atoms with Gasteiger partial charge >= 0.3 is 17.9 Å². The number of hydrogen-bond donors (Lipinski definition) is 0. The van der Waals surface area contributed by atoms with Gasteiger partial charge in [0.2, 0.25) is 0 Å². The van der Waals surface area contributed by atoms with Gasteiger partial charge in [-0.05, 0) is 107 Å². The molecule has 8 aliphatic rings. The Kier molecular flexibility index (Phi) is 5.60. The molecule has 35 heavy (non-hydrogen) atoms. The Bertz CT molecular complexity index is 833. The Morgan fingerprint density at radius 2 is 1.40 bits per heavy atom. The average Bonchev–Trinajstić information content (AvgIpc) is 2.79. The maximum absolute atomic E-state index is 14.0. The number of carbonyl (C=O) groups is 2. The van der Waals surface area contributed by atoms with Crippen LogP contribution in [0.2, 0.25) is 0 Å². The van der Waals surface area contributed by atoms with E-state index in [0.717, 1.165) is 37.0 Å². The van der Waals surface area contributed by atoms with Crippen molar-refractivity contribution in [2.24, 2.45) is 46.3 Å². The summed E-state index contributed by atoms with van der Waals surface area (Å²) >= 11 is 0. The number of carbonyl (C=O) groups excluding carboxylic acids is 2. The minimum Gasteiger partial charge on any atom is -0.454 e. The molecule has 8 bridgehead atoms. The van der Waals surface area contributed by atoms with Gasteiger partial charge in [0.1, 0.15) is 5.60 Å². The van der Waals surface area contributed by atoms with Crippen molar-refractivity contribution >= 4 is 11.9 Å². The molecule has 0 aromatic heterocycles. The van der Waals surface area contributed by atoms with Crippen LogP contribution >= 0.6 is 0 Å². The summed E-state index contributed by atoms with van der Waals surface area (Å²) in [5, 5.41) is 0. The maximum atomic E-state index is 14.0. The van der Waals surface area contributed by atoms with Crippen LogP contribution in [0.1, 0.15) is 90.9 Å². The van der Waals surface area contributed by atoms with Crippen LogP contribution < -0.4 is 0 Å². The van der Waals surface area contributed by atoms with Crippen molar-refractivity contribution in [3.05, 3.63) is 0 Å². The molecule has 7 heteroatoms. The topological polar surface area (TPSA) is 61.8 Å². The molecule has 8 fully saturated rings. The first kappa shape index (κ1) is 24.1. The summed E-state index contributed by atoms with van der Waals surface area (Å²) in [6.45, 7) is 3.77. The molecule has 0 radical (unpaired) electrons. The van der Waals surface area contributed by atoms with Gasteiger partial charge in [-0.1, -0.05) is 6.92 Å². The molecule has 0 aromatic rings. The van der Waals surface area contributed by atoms with Gasteiger partial charge in [-0.15, -0.1) is 0 Å². The SMILES string of the molecule is CCC(F)(F)C(=O)OC1(C)C2CC3CC1CC(C(=O)OCOCC14CC5CC(CC(C5)C1)C4)(C3)C2. The smallest absolute Gasteiger partial charge is 0.377 e. The first-order chi connectivity index (χ1) is 16.5. The van der Waals surface area contributed by atoms with E-state index in [1.165, 1.54) is 45.4 Å². The van der Waals surface area contributed by atoms with Crippen LogP contribution in [0.5, 0.6) is 0 Å². The van der Waals surface area contributed by atoms with Crippen molar-refractivity contribution in [2.45, 2.75) is 102 Å². The van der Waals surface area contributed by atoms with Crippen LogP contribution in [0, 0.1) is 46.3 Å². The molecule has 8 saturated carbocycles. The van der Waals surface area contributed by atoms with Crippen LogP contribution in [0.25, 0.3) is 0 Å². The average molecular weight is 495 g/mol. The van der Waals surface area contributed by atoms with Crippen LogP contribution in [0.4, 0.5) is 8.78 Å². The van der Waals surface area contributed by atoms with Crippen LogP contribution in [0.15, 0.2) is 0 Å². The molecule has 2 atom stereocenters. The predicted octanol–water partition coefficient (Wildman–Crippen LogP) is 5.89. The third-order valence-corrected chi connectivity index (χ3v) is 11.1. The summed E-state index contributed by atoms with van der Waals surface area (Å²) in [7, 11) is 0. The summed E-state index contributed by atoms with van der Waals surface area (Å²) in [4.78, 5) is 25.6. The zero-order valence-electron chi connectivity index (χ0n) is 21.2. The second-order valence-electron chi connectivity index (χ2n) is 13.6. The molecule has 2 unspecified atom stereocenters. The Labute approximate surface area is 207 Å².